The van der Waals surface area contributed by atoms with Crippen LogP contribution in [0.3, 0.4) is 0 Å². The van der Waals surface area contributed by atoms with E-state index in [0.717, 1.165) is 11.0 Å². The molecule has 1 heterocycles. The molecular formula is C8H16OS. The summed E-state index contributed by atoms with van der Waals surface area (Å²) in [5.41, 5.74) is -0.461. The van der Waals surface area contributed by atoms with Crippen LogP contribution >= 0.6 is 11.8 Å². The maximum Gasteiger partial charge on any atom is 0.0628 e. The van der Waals surface area contributed by atoms with Gasteiger partial charge < -0.3 is 5.11 Å². The Bertz CT molecular complexity index is 117. The lowest BCUT2D eigenvalue weighted by molar-refractivity contribution is 0.0266. The first-order valence-corrected chi connectivity index (χ1v) is 4.89. The first kappa shape index (κ1) is 8.41. The van der Waals surface area contributed by atoms with Gasteiger partial charge in [0.05, 0.1) is 5.60 Å². The highest BCUT2D eigenvalue weighted by atomic mass is 32.2. The zero-order valence-corrected chi connectivity index (χ0v) is 7.74. The Hall–Kier alpha value is 0.310. The van der Waals surface area contributed by atoms with Crippen molar-refractivity contribution in [1.29, 1.82) is 0 Å². The van der Waals surface area contributed by atoms with Gasteiger partial charge in [-0.05, 0) is 31.9 Å². The van der Waals surface area contributed by atoms with Gasteiger partial charge in [0.15, 0.2) is 0 Å². The van der Waals surface area contributed by atoms with Gasteiger partial charge in [-0.1, -0.05) is 6.92 Å². The number of hydrogen-bond donors (Lipinski definition) is 1. The fourth-order valence-electron chi connectivity index (χ4n) is 1.31. The number of rotatable bonds is 1. The highest BCUT2D eigenvalue weighted by molar-refractivity contribution is 8.00. The van der Waals surface area contributed by atoms with Crippen molar-refractivity contribution in [2.45, 2.75) is 38.0 Å². The number of thioether (sulfide) groups is 1. The summed E-state index contributed by atoms with van der Waals surface area (Å²) in [4.78, 5) is 0. The molecule has 1 fully saturated rings. The van der Waals surface area contributed by atoms with Crippen LogP contribution in [0.4, 0.5) is 0 Å². The van der Waals surface area contributed by atoms with Gasteiger partial charge >= 0.3 is 0 Å². The van der Waals surface area contributed by atoms with Gasteiger partial charge in [0, 0.05) is 5.25 Å². The van der Waals surface area contributed by atoms with E-state index in [9.17, 15) is 5.11 Å². The molecule has 1 nitrogen and oxygen atoms in total. The average molecular weight is 160 g/mol. The Morgan fingerprint density at radius 3 is 2.30 bits per heavy atom. The third-order valence-corrected chi connectivity index (χ3v) is 3.55. The summed E-state index contributed by atoms with van der Waals surface area (Å²) >= 11 is 1.97. The summed E-state index contributed by atoms with van der Waals surface area (Å²) in [6.45, 7) is 6.06. The molecule has 0 amide bonds. The second-order valence-corrected chi connectivity index (χ2v) is 5.20. The van der Waals surface area contributed by atoms with Crippen LogP contribution in [0.15, 0.2) is 0 Å². The maximum atomic E-state index is 9.62. The Balaban J connectivity index is 2.45. The van der Waals surface area contributed by atoms with Crippen molar-refractivity contribution in [3.05, 3.63) is 0 Å². The molecule has 0 aliphatic carbocycles. The SMILES string of the molecule is CC1CC(C(C)(C)O)CS1. The van der Waals surface area contributed by atoms with Crippen molar-refractivity contribution >= 4 is 11.8 Å². The third-order valence-electron chi connectivity index (χ3n) is 2.20. The van der Waals surface area contributed by atoms with Gasteiger partial charge in [0.2, 0.25) is 0 Å². The number of hydrogen-bond acceptors (Lipinski definition) is 2. The van der Waals surface area contributed by atoms with Crippen molar-refractivity contribution in [2.24, 2.45) is 5.92 Å². The van der Waals surface area contributed by atoms with E-state index in [-0.39, 0.29) is 0 Å². The van der Waals surface area contributed by atoms with Crippen LogP contribution in [0, 0.1) is 5.92 Å². The van der Waals surface area contributed by atoms with Crippen LogP contribution in [0.2, 0.25) is 0 Å². The summed E-state index contributed by atoms with van der Waals surface area (Å²) < 4.78 is 0. The minimum atomic E-state index is -0.461. The first-order valence-electron chi connectivity index (χ1n) is 3.84. The minimum Gasteiger partial charge on any atom is -0.390 e. The predicted molar refractivity (Wildman–Crippen MR) is 46.3 cm³/mol. The molecule has 0 spiro atoms. The monoisotopic (exact) mass is 160 g/mol. The Labute approximate surface area is 67.2 Å². The normalized spacial score (nSPS) is 34.8. The molecule has 0 aromatic rings. The molecule has 0 saturated carbocycles. The third kappa shape index (κ3) is 1.89. The smallest absolute Gasteiger partial charge is 0.0628 e. The molecule has 2 heteroatoms. The summed E-state index contributed by atoms with van der Waals surface area (Å²) in [5, 5.41) is 10.4. The average Bonchev–Trinajstić information content (AvgIpc) is 2.11. The van der Waals surface area contributed by atoms with Gasteiger partial charge in [0.25, 0.3) is 0 Å². The zero-order valence-electron chi connectivity index (χ0n) is 6.92. The van der Waals surface area contributed by atoms with Crippen molar-refractivity contribution in [2.75, 3.05) is 5.75 Å². The second-order valence-electron chi connectivity index (χ2n) is 3.73. The van der Waals surface area contributed by atoms with Crippen molar-refractivity contribution < 1.29 is 5.11 Å². The highest BCUT2D eigenvalue weighted by Crippen LogP contribution is 2.36. The van der Waals surface area contributed by atoms with E-state index in [1.165, 1.54) is 6.42 Å². The fraction of sp³-hybridized carbons (Fsp3) is 1.00. The lowest BCUT2D eigenvalue weighted by Gasteiger charge is -2.24. The van der Waals surface area contributed by atoms with E-state index in [1.54, 1.807) is 0 Å². The molecule has 1 N–H and O–H groups in total. The van der Waals surface area contributed by atoms with E-state index in [4.69, 9.17) is 0 Å². The van der Waals surface area contributed by atoms with Gasteiger partial charge in [-0.3, -0.25) is 0 Å². The maximum absolute atomic E-state index is 9.62. The Kier molecular flexibility index (Phi) is 2.31. The van der Waals surface area contributed by atoms with Gasteiger partial charge in [0.1, 0.15) is 0 Å². The summed E-state index contributed by atoms with van der Waals surface area (Å²) in [7, 11) is 0. The second kappa shape index (κ2) is 2.74. The molecule has 0 radical (unpaired) electrons. The molecule has 1 aliphatic rings. The van der Waals surface area contributed by atoms with E-state index in [2.05, 4.69) is 6.92 Å². The van der Waals surface area contributed by atoms with Crippen LogP contribution in [0.5, 0.6) is 0 Å². The summed E-state index contributed by atoms with van der Waals surface area (Å²) in [6, 6.07) is 0. The Morgan fingerprint density at radius 1 is 1.50 bits per heavy atom. The molecule has 1 saturated heterocycles. The summed E-state index contributed by atoms with van der Waals surface area (Å²) in [5.74, 6) is 1.64. The van der Waals surface area contributed by atoms with Crippen LogP contribution < -0.4 is 0 Å². The fourth-order valence-corrected chi connectivity index (χ4v) is 2.78. The minimum absolute atomic E-state index is 0.461. The molecule has 0 aromatic carbocycles. The van der Waals surface area contributed by atoms with Crippen molar-refractivity contribution in [1.82, 2.24) is 0 Å². The molecule has 2 atom stereocenters. The molecule has 2 unspecified atom stereocenters. The predicted octanol–water partition coefficient (Wildman–Crippen LogP) is 1.90. The first-order chi connectivity index (χ1) is 4.50. The van der Waals surface area contributed by atoms with E-state index in [1.807, 2.05) is 25.6 Å². The van der Waals surface area contributed by atoms with Crippen LogP contribution in [-0.4, -0.2) is 21.7 Å². The highest BCUT2D eigenvalue weighted by Gasteiger charge is 2.32. The van der Waals surface area contributed by atoms with Crippen LogP contribution in [0.25, 0.3) is 0 Å². The quantitative estimate of drug-likeness (QED) is 0.632. The van der Waals surface area contributed by atoms with Crippen LogP contribution in [-0.2, 0) is 0 Å². The van der Waals surface area contributed by atoms with Crippen molar-refractivity contribution in [3.63, 3.8) is 0 Å². The topological polar surface area (TPSA) is 20.2 Å². The lowest BCUT2D eigenvalue weighted by Crippen LogP contribution is -2.30. The molecule has 10 heavy (non-hydrogen) atoms. The summed E-state index contributed by atoms with van der Waals surface area (Å²) in [6.07, 6.45) is 1.17. The Morgan fingerprint density at radius 2 is 2.10 bits per heavy atom. The molecule has 1 rings (SSSR count). The molecule has 0 aromatic heterocycles. The molecule has 1 aliphatic heterocycles. The molecule has 0 bridgehead atoms. The van der Waals surface area contributed by atoms with Gasteiger partial charge in [-0.25, -0.2) is 0 Å². The van der Waals surface area contributed by atoms with Gasteiger partial charge in [-0.15, -0.1) is 0 Å². The van der Waals surface area contributed by atoms with Crippen molar-refractivity contribution in [3.8, 4) is 0 Å². The molecule has 60 valence electrons. The number of aliphatic hydroxyl groups is 1. The van der Waals surface area contributed by atoms with E-state index < -0.39 is 5.60 Å². The van der Waals surface area contributed by atoms with Crippen LogP contribution in [0.1, 0.15) is 27.2 Å². The lowest BCUT2D eigenvalue weighted by atomic mass is 9.89. The van der Waals surface area contributed by atoms with E-state index >= 15 is 0 Å². The zero-order chi connectivity index (χ0) is 7.78. The van der Waals surface area contributed by atoms with E-state index in [0.29, 0.717) is 5.92 Å². The van der Waals surface area contributed by atoms with Gasteiger partial charge in [-0.2, -0.15) is 11.8 Å². The molecular weight excluding hydrogens is 144 g/mol. The standard InChI is InChI=1S/C8H16OS/c1-6-4-7(5-10-6)8(2,3)9/h6-7,9H,4-5H2,1-3H3. The largest absolute Gasteiger partial charge is 0.390 e.